The molecule has 4 rings (SSSR count). The number of benzene rings is 2. The van der Waals surface area contributed by atoms with Crippen LogP contribution in [0.4, 0.5) is 6.01 Å². The zero-order valence-electron chi connectivity index (χ0n) is 18.7. The standard InChI is InChI=1S/C24H29N3O5/c1-4-31-21-14-16(8-9-19(21)29-2)15-27(17-10-12-25-13-11-17)24-26-22-18(23(28)30-3)6-5-7-20(22)32-24/h5-9,14,17,25H,4,10-13,15H2,1-3H3. The molecule has 0 radical (unpaired) electrons. The Morgan fingerprint density at radius 3 is 2.72 bits per heavy atom. The van der Waals surface area contributed by atoms with Crippen LogP contribution in [0.3, 0.4) is 0 Å². The van der Waals surface area contributed by atoms with Gasteiger partial charge in [0.2, 0.25) is 0 Å². The summed E-state index contributed by atoms with van der Waals surface area (Å²) < 4.78 is 22.2. The minimum absolute atomic E-state index is 0.253. The summed E-state index contributed by atoms with van der Waals surface area (Å²) in [5.41, 5.74) is 2.53. The maximum atomic E-state index is 12.2. The van der Waals surface area contributed by atoms with Gasteiger partial charge >= 0.3 is 5.97 Å². The number of para-hydroxylation sites is 1. The van der Waals surface area contributed by atoms with Crippen molar-refractivity contribution >= 4 is 23.1 Å². The minimum atomic E-state index is -0.430. The fourth-order valence-electron chi connectivity index (χ4n) is 4.09. The summed E-state index contributed by atoms with van der Waals surface area (Å²) in [6.45, 7) is 4.96. The number of piperidine rings is 1. The first-order valence-corrected chi connectivity index (χ1v) is 10.9. The monoisotopic (exact) mass is 439 g/mol. The molecule has 0 unspecified atom stereocenters. The summed E-state index contributed by atoms with van der Waals surface area (Å²) in [5.74, 6) is 0.984. The van der Waals surface area contributed by atoms with Crippen LogP contribution in [0.5, 0.6) is 11.5 Å². The summed E-state index contributed by atoms with van der Waals surface area (Å²) in [6.07, 6.45) is 1.94. The van der Waals surface area contributed by atoms with Crippen molar-refractivity contribution in [2.24, 2.45) is 0 Å². The first-order valence-electron chi connectivity index (χ1n) is 10.9. The summed E-state index contributed by atoms with van der Waals surface area (Å²) >= 11 is 0. The smallest absolute Gasteiger partial charge is 0.340 e. The van der Waals surface area contributed by atoms with Gasteiger partial charge in [0.05, 0.1) is 26.4 Å². The number of oxazole rings is 1. The number of aromatic nitrogens is 1. The van der Waals surface area contributed by atoms with Crippen LogP contribution in [0, 0.1) is 0 Å². The average molecular weight is 440 g/mol. The Morgan fingerprint density at radius 1 is 1.19 bits per heavy atom. The normalized spacial score (nSPS) is 14.3. The van der Waals surface area contributed by atoms with E-state index < -0.39 is 5.97 Å². The number of carbonyl (C=O) groups is 1. The molecule has 1 N–H and O–H groups in total. The van der Waals surface area contributed by atoms with Gasteiger partial charge in [-0.15, -0.1) is 0 Å². The van der Waals surface area contributed by atoms with Gasteiger partial charge in [-0.1, -0.05) is 12.1 Å². The molecule has 8 heteroatoms. The Bertz CT molecular complexity index is 1070. The predicted molar refractivity (Wildman–Crippen MR) is 122 cm³/mol. The summed E-state index contributed by atoms with van der Waals surface area (Å²) in [5, 5.41) is 3.41. The van der Waals surface area contributed by atoms with Crippen molar-refractivity contribution < 1.29 is 23.4 Å². The lowest BCUT2D eigenvalue weighted by atomic mass is 10.0. The van der Waals surface area contributed by atoms with Crippen molar-refractivity contribution in [3.8, 4) is 11.5 Å². The fraction of sp³-hybridized carbons (Fsp3) is 0.417. The van der Waals surface area contributed by atoms with Gasteiger partial charge in [-0.2, -0.15) is 4.98 Å². The highest BCUT2D eigenvalue weighted by Gasteiger charge is 2.27. The molecular formula is C24H29N3O5. The van der Waals surface area contributed by atoms with Crippen molar-refractivity contribution in [3.05, 3.63) is 47.5 Å². The molecule has 1 aliphatic rings. The van der Waals surface area contributed by atoms with E-state index >= 15 is 0 Å². The zero-order valence-corrected chi connectivity index (χ0v) is 18.7. The molecule has 0 bridgehead atoms. The number of ether oxygens (including phenoxy) is 3. The first kappa shape index (κ1) is 22.0. The van der Waals surface area contributed by atoms with Crippen LogP contribution in [-0.4, -0.2) is 50.9 Å². The number of nitrogens with one attached hydrogen (secondary N) is 1. The third kappa shape index (κ3) is 4.50. The number of carbonyl (C=O) groups excluding carboxylic acids is 1. The Balaban J connectivity index is 1.72. The highest BCUT2D eigenvalue weighted by molar-refractivity contribution is 6.01. The molecule has 1 aromatic heterocycles. The molecule has 3 aromatic rings. The van der Waals surface area contributed by atoms with Crippen LogP contribution in [0.15, 0.2) is 40.8 Å². The van der Waals surface area contributed by atoms with Crippen molar-refractivity contribution in [3.63, 3.8) is 0 Å². The second kappa shape index (κ2) is 9.91. The molecule has 1 saturated heterocycles. The summed E-state index contributed by atoms with van der Waals surface area (Å²) in [7, 11) is 3.00. The molecule has 1 aliphatic heterocycles. The highest BCUT2D eigenvalue weighted by atomic mass is 16.5. The molecule has 2 aromatic carbocycles. The van der Waals surface area contributed by atoms with Crippen LogP contribution in [0.1, 0.15) is 35.7 Å². The van der Waals surface area contributed by atoms with Crippen LogP contribution >= 0.6 is 0 Å². The van der Waals surface area contributed by atoms with Crippen LogP contribution in [0.25, 0.3) is 11.1 Å². The van der Waals surface area contributed by atoms with Crippen molar-refractivity contribution in [1.29, 1.82) is 0 Å². The van der Waals surface area contributed by atoms with Gasteiger partial charge in [-0.25, -0.2) is 4.79 Å². The zero-order chi connectivity index (χ0) is 22.5. The van der Waals surface area contributed by atoms with Crippen LogP contribution < -0.4 is 19.7 Å². The van der Waals surface area contributed by atoms with Gasteiger partial charge in [0.15, 0.2) is 17.1 Å². The summed E-state index contributed by atoms with van der Waals surface area (Å²) in [4.78, 5) is 19.1. The lowest BCUT2D eigenvalue weighted by Crippen LogP contribution is -2.43. The number of hydrogen-bond acceptors (Lipinski definition) is 8. The lowest BCUT2D eigenvalue weighted by molar-refractivity contribution is 0.0602. The van der Waals surface area contributed by atoms with E-state index in [2.05, 4.69) is 10.2 Å². The van der Waals surface area contributed by atoms with Gasteiger partial charge in [0, 0.05) is 12.6 Å². The van der Waals surface area contributed by atoms with E-state index in [0.717, 1.165) is 31.5 Å². The molecule has 1 fully saturated rings. The number of hydrogen-bond donors (Lipinski definition) is 1. The molecular weight excluding hydrogens is 410 g/mol. The van der Waals surface area contributed by atoms with E-state index in [0.29, 0.717) is 47.3 Å². The maximum absolute atomic E-state index is 12.2. The maximum Gasteiger partial charge on any atom is 0.340 e. The average Bonchev–Trinajstić information content (AvgIpc) is 3.27. The molecule has 8 nitrogen and oxygen atoms in total. The topological polar surface area (TPSA) is 86.1 Å². The molecule has 2 heterocycles. The number of rotatable bonds is 8. The van der Waals surface area contributed by atoms with E-state index in [1.165, 1.54) is 7.11 Å². The van der Waals surface area contributed by atoms with Gasteiger partial charge in [-0.05, 0) is 62.7 Å². The second-order valence-corrected chi connectivity index (χ2v) is 7.67. The molecule has 0 saturated carbocycles. The second-order valence-electron chi connectivity index (χ2n) is 7.67. The Hall–Kier alpha value is -3.26. The number of esters is 1. The highest BCUT2D eigenvalue weighted by Crippen LogP contribution is 2.32. The van der Waals surface area contributed by atoms with Crippen molar-refractivity contribution in [2.45, 2.75) is 32.4 Å². The van der Waals surface area contributed by atoms with E-state index in [1.54, 1.807) is 19.2 Å². The van der Waals surface area contributed by atoms with Gasteiger partial charge in [-0.3, -0.25) is 0 Å². The molecule has 0 aliphatic carbocycles. The number of fused-ring (bicyclic) bond motifs is 1. The Morgan fingerprint density at radius 2 is 2.00 bits per heavy atom. The van der Waals surface area contributed by atoms with Gasteiger partial charge in [0.25, 0.3) is 6.01 Å². The largest absolute Gasteiger partial charge is 0.493 e. The van der Waals surface area contributed by atoms with Crippen molar-refractivity contribution in [1.82, 2.24) is 10.3 Å². The number of nitrogens with zero attached hydrogens (tertiary/aromatic N) is 2. The van der Waals surface area contributed by atoms with Crippen LogP contribution in [0.2, 0.25) is 0 Å². The number of methoxy groups -OCH3 is 2. The minimum Gasteiger partial charge on any atom is -0.493 e. The van der Waals surface area contributed by atoms with E-state index in [4.69, 9.17) is 23.6 Å². The quantitative estimate of drug-likeness (QED) is 0.531. The van der Waals surface area contributed by atoms with Crippen molar-refractivity contribution in [2.75, 3.05) is 38.8 Å². The Labute approximate surface area is 187 Å². The molecule has 0 amide bonds. The van der Waals surface area contributed by atoms with Crippen LogP contribution in [-0.2, 0) is 11.3 Å². The molecule has 32 heavy (non-hydrogen) atoms. The SMILES string of the molecule is CCOc1cc(CN(c2nc3c(C(=O)OC)cccc3o2)C2CCNCC2)ccc1OC. The number of anilines is 1. The molecule has 0 spiro atoms. The predicted octanol–water partition coefficient (Wildman–Crippen LogP) is 3.78. The Kier molecular flexibility index (Phi) is 6.80. The van der Waals surface area contributed by atoms with Gasteiger partial charge < -0.3 is 28.8 Å². The van der Waals surface area contributed by atoms with E-state index in [1.807, 2.05) is 31.2 Å². The van der Waals surface area contributed by atoms with E-state index in [9.17, 15) is 4.79 Å². The summed E-state index contributed by atoms with van der Waals surface area (Å²) in [6, 6.07) is 12.0. The van der Waals surface area contributed by atoms with E-state index in [-0.39, 0.29) is 6.04 Å². The van der Waals surface area contributed by atoms with Gasteiger partial charge in [0.1, 0.15) is 5.52 Å². The first-order chi connectivity index (χ1) is 15.6. The third-order valence-corrected chi connectivity index (χ3v) is 5.69. The third-order valence-electron chi connectivity index (χ3n) is 5.69. The molecule has 170 valence electrons. The lowest BCUT2D eigenvalue weighted by Gasteiger charge is -2.33. The fourth-order valence-corrected chi connectivity index (χ4v) is 4.09. The molecule has 0 atom stereocenters.